The Morgan fingerprint density at radius 1 is 1.12 bits per heavy atom. The number of nitriles is 1. The summed E-state index contributed by atoms with van der Waals surface area (Å²) in [5, 5.41) is 19.4. The van der Waals surface area contributed by atoms with Crippen molar-refractivity contribution in [3.05, 3.63) is 65.4 Å². The van der Waals surface area contributed by atoms with Gasteiger partial charge < -0.3 is 16.4 Å². The van der Waals surface area contributed by atoms with E-state index in [1.54, 1.807) is 22.9 Å². The summed E-state index contributed by atoms with van der Waals surface area (Å²) in [4.78, 5) is 36.9. The van der Waals surface area contributed by atoms with Crippen LogP contribution in [0.15, 0.2) is 48.5 Å². The fraction of sp³-hybridized carbons (Fsp3) is 0.292. The number of nitrogens with one attached hydrogen (secondary N) is 2. The van der Waals surface area contributed by atoms with E-state index >= 15 is 0 Å². The van der Waals surface area contributed by atoms with Gasteiger partial charge in [0.25, 0.3) is 5.91 Å². The summed E-state index contributed by atoms with van der Waals surface area (Å²) >= 11 is 0. The van der Waals surface area contributed by atoms with Crippen LogP contribution >= 0.6 is 0 Å². The number of nitrogens with zero attached hydrogens (tertiary/aromatic N) is 3. The molecule has 0 spiro atoms. The van der Waals surface area contributed by atoms with Crippen molar-refractivity contribution in [2.24, 2.45) is 11.1 Å². The zero-order valence-corrected chi connectivity index (χ0v) is 18.8. The van der Waals surface area contributed by atoms with Crippen LogP contribution in [0.2, 0.25) is 0 Å². The Morgan fingerprint density at radius 2 is 1.79 bits per heavy atom. The maximum atomic E-state index is 13.2. The predicted octanol–water partition coefficient (Wildman–Crippen LogP) is 1.70. The fourth-order valence-corrected chi connectivity index (χ4v) is 3.42. The zero-order valence-electron chi connectivity index (χ0n) is 18.8. The van der Waals surface area contributed by atoms with Gasteiger partial charge in [-0.25, -0.2) is 0 Å². The summed E-state index contributed by atoms with van der Waals surface area (Å²) in [6.45, 7) is 5.51. The molecule has 170 valence electrons. The van der Waals surface area contributed by atoms with E-state index in [0.717, 1.165) is 11.1 Å². The molecule has 2 aromatic carbocycles. The highest BCUT2D eigenvalue weighted by Crippen LogP contribution is 2.23. The van der Waals surface area contributed by atoms with Crippen molar-refractivity contribution in [1.29, 1.82) is 5.26 Å². The first-order chi connectivity index (χ1) is 15.6. The van der Waals surface area contributed by atoms with Gasteiger partial charge in [-0.1, -0.05) is 51.1 Å². The lowest BCUT2D eigenvalue weighted by Gasteiger charge is -2.30. The topological polar surface area (TPSA) is 143 Å². The third-order valence-corrected chi connectivity index (χ3v) is 5.13. The average molecular weight is 447 g/mol. The molecule has 1 atom stereocenters. The van der Waals surface area contributed by atoms with Gasteiger partial charge in [0.15, 0.2) is 5.69 Å². The molecule has 1 heterocycles. The molecule has 3 amide bonds. The molecule has 0 aliphatic rings. The Hall–Kier alpha value is -4.19. The van der Waals surface area contributed by atoms with Crippen LogP contribution in [-0.2, 0) is 16.1 Å². The number of nitrogens with two attached hydrogens (primary N) is 1. The monoisotopic (exact) mass is 446 g/mol. The quantitative estimate of drug-likeness (QED) is 0.506. The van der Waals surface area contributed by atoms with Crippen molar-refractivity contribution in [1.82, 2.24) is 20.4 Å². The maximum Gasteiger partial charge on any atom is 0.273 e. The van der Waals surface area contributed by atoms with E-state index in [4.69, 9.17) is 11.0 Å². The molecule has 3 rings (SSSR count). The number of aromatic nitrogens is 2. The number of carbonyl (C=O) groups is 3. The number of carbonyl (C=O) groups excluding carboxylic acids is 3. The minimum Gasteiger partial charge on any atom is -0.368 e. The molecule has 0 bridgehead atoms. The summed E-state index contributed by atoms with van der Waals surface area (Å²) < 4.78 is 1.71. The molecule has 0 aliphatic heterocycles. The summed E-state index contributed by atoms with van der Waals surface area (Å²) in [6, 6.07) is 15.7. The van der Waals surface area contributed by atoms with Crippen molar-refractivity contribution >= 4 is 28.6 Å². The number of fused-ring (bicyclic) bond motifs is 1. The largest absolute Gasteiger partial charge is 0.368 e. The first-order valence-electron chi connectivity index (χ1n) is 10.4. The van der Waals surface area contributed by atoms with Crippen LogP contribution in [0.4, 0.5) is 0 Å². The third kappa shape index (κ3) is 5.54. The second-order valence-electron chi connectivity index (χ2n) is 8.79. The lowest BCUT2D eigenvalue weighted by Crippen LogP contribution is -2.54. The minimum atomic E-state index is -0.910. The number of para-hydroxylation sites is 1. The summed E-state index contributed by atoms with van der Waals surface area (Å²) in [5.74, 6) is -1.68. The molecule has 0 saturated heterocycles. The van der Waals surface area contributed by atoms with Gasteiger partial charge in [-0.3, -0.25) is 19.1 Å². The molecule has 1 aromatic heterocycles. The molecule has 0 unspecified atom stereocenters. The Kier molecular flexibility index (Phi) is 6.78. The highest BCUT2D eigenvalue weighted by atomic mass is 16.2. The van der Waals surface area contributed by atoms with Crippen molar-refractivity contribution in [3.8, 4) is 6.07 Å². The van der Waals surface area contributed by atoms with Crippen molar-refractivity contribution in [3.63, 3.8) is 0 Å². The first kappa shape index (κ1) is 23.5. The molecule has 9 heteroatoms. The zero-order chi connectivity index (χ0) is 24.2. The second-order valence-corrected chi connectivity index (χ2v) is 8.79. The van der Waals surface area contributed by atoms with Gasteiger partial charge in [-0.05, 0) is 29.2 Å². The summed E-state index contributed by atoms with van der Waals surface area (Å²) in [5.41, 5.74) is 6.93. The van der Waals surface area contributed by atoms with E-state index in [1.807, 2.05) is 51.1 Å². The molecule has 0 aliphatic carbocycles. The van der Waals surface area contributed by atoms with Crippen LogP contribution in [0.1, 0.15) is 42.4 Å². The van der Waals surface area contributed by atoms with Crippen LogP contribution < -0.4 is 16.4 Å². The van der Waals surface area contributed by atoms with Gasteiger partial charge in [0.2, 0.25) is 11.8 Å². The van der Waals surface area contributed by atoms with Gasteiger partial charge in [0.05, 0.1) is 30.2 Å². The maximum absolute atomic E-state index is 13.2. The lowest BCUT2D eigenvalue weighted by molar-refractivity contribution is -0.128. The molecule has 0 fully saturated rings. The second kappa shape index (κ2) is 9.53. The Bertz CT molecular complexity index is 1230. The molecular weight excluding hydrogens is 420 g/mol. The smallest absolute Gasteiger partial charge is 0.273 e. The van der Waals surface area contributed by atoms with Gasteiger partial charge in [-0.2, -0.15) is 10.4 Å². The fourth-order valence-electron chi connectivity index (χ4n) is 3.42. The van der Waals surface area contributed by atoms with Crippen LogP contribution in [0.5, 0.6) is 0 Å². The first-order valence-corrected chi connectivity index (χ1v) is 10.4. The van der Waals surface area contributed by atoms with Crippen LogP contribution in [0, 0.1) is 16.7 Å². The third-order valence-electron chi connectivity index (χ3n) is 5.13. The summed E-state index contributed by atoms with van der Waals surface area (Å²) in [6.07, 6.45) is 0. The normalized spacial score (nSPS) is 12.1. The van der Waals surface area contributed by atoms with Crippen LogP contribution in [0.3, 0.4) is 0 Å². The van der Waals surface area contributed by atoms with Crippen LogP contribution in [0.25, 0.3) is 10.9 Å². The van der Waals surface area contributed by atoms with Gasteiger partial charge in [0.1, 0.15) is 6.04 Å². The molecule has 9 nitrogen and oxygen atoms in total. The molecular formula is C24H26N6O3. The molecule has 0 radical (unpaired) electrons. The SMILES string of the molecule is CC(C)(C)[C@H](NC(=O)c1nn(Cc2ccc(C#N)cc2)c2ccccc12)C(=O)NCC(N)=O. The molecule has 33 heavy (non-hydrogen) atoms. The Morgan fingerprint density at radius 3 is 2.39 bits per heavy atom. The average Bonchev–Trinajstić information content (AvgIpc) is 3.14. The number of rotatable bonds is 7. The number of amides is 3. The minimum absolute atomic E-state index is 0.191. The van der Waals surface area contributed by atoms with E-state index < -0.39 is 29.2 Å². The lowest BCUT2D eigenvalue weighted by atomic mass is 9.86. The number of hydrogen-bond acceptors (Lipinski definition) is 5. The van der Waals surface area contributed by atoms with Crippen molar-refractivity contribution in [2.45, 2.75) is 33.4 Å². The number of benzene rings is 2. The van der Waals surface area contributed by atoms with Crippen LogP contribution in [-0.4, -0.2) is 40.1 Å². The standard InChI is InChI=1S/C24H26N6O3/c1-24(2,3)21(23(33)27-13-19(26)31)28-22(32)20-17-6-4-5-7-18(17)30(29-20)14-16-10-8-15(12-25)9-11-16/h4-11,21H,13-14H2,1-3H3,(H2,26,31)(H,27,33)(H,28,32)/t21-/m1/s1. The van der Waals surface area contributed by atoms with E-state index in [2.05, 4.69) is 21.8 Å². The molecule has 4 N–H and O–H groups in total. The highest BCUT2D eigenvalue weighted by Gasteiger charge is 2.34. The van der Waals surface area contributed by atoms with E-state index in [1.165, 1.54) is 0 Å². The van der Waals surface area contributed by atoms with Crippen molar-refractivity contribution < 1.29 is 14.4 Å². The Balaban J connectivity index is 1.90. The van der Waals surface area contributed by atoms with Gasteiger partial charge in [-0.15, -0.1) is 0 Å². The van der Waals surface area contributed by atoms with E-state index in [-0.39, 0.29) is 12.2 Å². The van der Waals surface area contributed by atoms with Gasteiger partial charge >= 0.3 is 0 Å². The summed E-state index contributed by atoms with van der Waals surface area (Å²) in [7, 11) is 0. The predicted molar refractivity (Wildman–Crippen MR) is 123 cm³/mol. The van der Waals surface area contributed by atoms with Crippen molar-refractivity contribution in [2.75, 3.05) is 6.54 Å². The Labute approximate surface area is 191 Å². The van der Waals surface area contributed by atoms with Gasteiger partial charge in [0, 0.05) is 5.39 Å². The van der Waals surface area contributed by atoms with E-state index in [9.17, 15) is 14.4 Å². The molecule has 3 aromatic rings. The highest BCUT2D eigenvalue weighted by molar-refractivity contribution is 6.06. The molecule has 0 saturated carbocycles. The number of hydrogen-bond donors (Lipinski definition) is 3. The number of primary amides is 1. The van der Waals surface area contributed by atoms with E-state index in [0.29, 0.717) is 17.5 Å².